The van der Waals surface area contributed by atoms with E-state index in [0.29, 0.717) is 6.04 Å². The van der Waals surface area contributed by atoms with Gasteiger partial charge in [0.15, 0.2) is 0 Å². The van der Waals surface area contributed by atoms with Gasteiger partial charge in [0.25, 0.3) is 0 Å². The van der Waals surface area contributed by atoms with Gasteiger partial charge in [-0.1, -0.05) is 13.3 Å². The minimum absolute atomic E-state index is 0.426. The molecule has 14 heavy (non-hydrogen) atoms. The van der Waals surface area contributed by atoms with Crippen LogP contribution in [0.15, 0.2) is 12.4 Å². The summed E-state index contributed by atoms with van der Waals surface area (Å²) in [5.74, 6) is 0.974. The lowest BCUT2D eigenvalue weighted by molar-refractivity contribution is 0.161. The summed E-state index contributed by atoms with van der Waals surface area (Å²) in [6, 6.07) is 0.426. The standard InChI is InChI=1S/C10H19N3O/c1-3-4-9(8-14-2)13-7-10-11-5-6-12-10/h5-6,9,13H,3-4,7-8H2,1-2H3,(H,11,12). The molecule has 0 aromatic carbocycles. The lowest BCUT2D eigenvalue weighted by Crippen LogP contribution is -2.32. The van der Waals surface area contributed by atoms with E-state index in [1.807, 2.05) is 6.20 Å². The van der Waals surface area contributed by atoms with Crippen molar-refractivity contribution in [3.05, 3.63) is 18.2 Å². The molecule has 1 rings (SSSR count). The molecule has 2 N–H and O–H groups in total. The van der Waals surface area contributed by atoms with Gasteiger partial charge in [0.2, 0.25) is 0 Å². The van der Waals surface area contributed by atoms with Gasteiger partial charge in [-0.2, -0.15) is 0 Å². The molecular weight excluding hydrogens is 178 g/mol. The Morgan fingerprint density at radius 2 is 2.50 bits per heavy atom. The average Bonchev–Trinajstić information content (AvgIpc) is 2.67. The van der Waals surface area contributed by atoms with Crippen molar-refractivity contribution in [3.63, 3.8) is 0 Å². The summed E-state index contributed by atoms with van der Waals surface area (Å²) in [7, 11) is 1.73. The fourth-order valence-corrected chi connectivity index (χ4v) is 1.43. The predicted octanol–water partition coefficient (Wildman–Crippen LogP) is 1.31. The van der Waals surface area contributed by atoms with Crippen LogP contribution in [0.5, 0.6) is 0 Å². The number of aromatic nitrogens is 2. The summed E-state index contributed by atoms with van der Waals surface area (Å²) < 4.78 is 5.13. The molecule has 1 heterocycles. The van der Waals surface area contributed by atoms with Crippen molar-refractivity contribution in [3.8, 4) is 0 Å². The number of methoxy groups -OCH3 is 1. The fourth-order valence-electron chi connectivity index (χ4n) is 1.43. The summed E-state index contributed by atoms with van der Waals surface area (Å²) in [4.78, 5) is 7.21. The van der Waals surface area contributed by atoms with Gasteiger partial charge < -0.3 is 15.0 Å². The Hall–Kier alpha value is -0.870. The molecule has 0 aliphatic heterocycles. The Bertz CT molecular complexity index is 217. The maximum Gasteiger partial charge on any atom is 0.120 e. The minimum Gasteiger partial charge on any atom is -0.383 e. The number of rotatable bonds is 7. The van der Waals surface area contributed by atoms with Crippen LogP contribution in [0.3, 0.4) is 0 Å². The first-order chi connectivity index (χ1) is 6.86. The molecule has 0 saturated heterocycles. The highest BCUT2D eigenvalue weighted by atomic mass is 16.5. The van der Waals surface area contributed by atoms with Crippen LogP contribution in [0.1, 0.15) is 25.6 Å². The number of nitrogens with zero attached hydrogens (tertiary/aromatic N) is 1. The molecule has 80 valence electrons. The van der Waals surface area contributed by atoms with Crippen LogP contribution in [0.4, 0.5) is 0 Å². The molecule has 0 saturated carbocycles. The van der Waals surface area contributed by atoms with E-state index < -0.39 is 0 Å². The van der Waals surface area contributed by atoms with Crippen molar-refractivity contribution in [2.75, 3.05) is 13.7 Å². The van der Waals surface area contributed by atoms with Gasteiger partial charge in [0.05, 0.1) is 13.2 Å². The van der Waals surface area contributed by atoms with Crippen molar-refractivity contribution < 1.29 is 4.74 Å². The smallest absolute Gasteiger partial charge is 0.120 e. The SMILES string of the molecule is CCCC(COC)NCc1ncc[nH]1. The first kappa shape index (κ1) is 11.2. The van der Waals surface area contributed by atoms with Crippen LogP contribution < -0.4 is 5.32 Å². The molecular formula is C10H19N3O. The second kappa shape index (κ2) is 6.56. The van der Waals surface area contributed by atoms with E-state index >= 15 is 0 Å². The largest absolute Gasteiger partial charge is 0.383 e. The zero-order valence-electron chi connectivity index (χ0n) is 8.92. The molecule has 1 aromatic heterocycles. The third kappa shape index (κ3) is 3.89. The third-order valence-electron chi connectivity index (χ3n) is 2.12. The number of ether oxygens (including phenoxy) is 1. The lowest BCUT2D eigenvalue weighted by atomic mass is 10.2. The third-order valence-corrected chi connectivity index (χ3v) is 2.12. The highest BCUT2D eigenvalue weighted by Crippen LogP contribution is 1.98. The second-order valence-corrected chi connectivity index (χ2v) is 3.36. The molecule has 4 heteroatoms. The van der Waals surface area contributed by atoms with Crippen molar-refractivity contribution in [1.29, 1.82) is 0 Å². The quantitative estimate of drug-likeness (QED) is 0.693. The molecule has 0 bridgehead atoms. The first-order valence-corrected chi connectivity index (χ1v) is 5.07. The van der Waals surface area contributed by atoms with Crippen LogP contribution in [0.2, 0.25) is 0 Å². The molecule has 1 unspecified atom stereocenters. The van der Waals surface area contributed by atoms with Crippen molar-refractivity contribution in [2.24, 2.45) is 0 Å². The van der Waals surface area contributed by atoms with Crippen molar-refractivity contribution in [2.45, 2.75) is 32.4 Å². The van der Waals surface area contributed by atoms with E-state index in [-0.39, 0.29) is 0 Å². The van der Waals surface area contributed by atoms with E-state index in [4.69, 9.17) is 4.74 Å². The Morgan fingerprint density at radius 3 is 3.07 bits per heavy atom. The van der Waals surface area contributed by atoms with Gasteiger partial charge in [-0.25, -0.2) is 4.98 Å². The van der Waals surface area contributed by atoms with E-state index in [1.165, 1.54) is 6.42 Å². The van der Waals surface area contributed by atoms with Gasteiger partial charge in [0.1, 0.15) is 5.82 Å². The Balaban J connectivity index is 2.25. The number of nitrogens with one attached hydrogen (secondary N) is 2. The highest BCUT2D eigenvalue weighted by molar-refractivity contribution is 4.86. The molecule has 1 atom stereocenters. The molecule has 0 radical (unpaired) electrons. The molecule has 0 amide bonds. The maximum atomic E-state index is 5.13. The van der Waals surface area contributed by atoms with Crippen LogP contribution in [-0.4, -0.2) is 29.7 Å². The van der Waals surface area contributed by atoms with E-state index in [1.54, 1.807) is 13.3 Å². The monoisotopic (exact) mass is 197 g/mol. The molecule has 4 nitrogen and oxygen atoms in total. The van der Waals surface area contributed by atoms with Crippen LogP contribution in [0.25, 0.3) is 0 Å². The summed E-state index contributed by atoms with van der Waals surface area (Å²) in [6.45, 7) is 3.72. The van der Waals surface area contributed by atoms with Gasteiger partial charge in [0, 0.05) is 25.5 Å². The predicted molar refractivity (Wildman–Crippen MR) is 56.0 cm³/mol. The first-order valence-electron chi connectivity index (χ1n) is 5.07. The zero-order chi connectivity index (χ0) is 10.2. The topological polar surface area (TPSA) is 49.9 Å². The normalized spacial score (nSPS) is 13.0. The van der Waals surface area contributed by atoms with Crippen LogP contribution >= 0.6 is 0 Å². The molecule has 0 aliphatic carbocycles. The van der Waals surface area contributed by atoms with Gasteiger partial charge in [-0.05, 0) is 6.42 Å². The lowest BCUT2D eigenvalue weighted by Gasteiger charge is -2.15. The summed E-state index contributed by atoms with van der Waals surface area (Å²) >= 11 is 0. The van der Waals surface area contributed by atoms with Crippen LogP contribution in [0, 0.1) is 0 Å². The van der Waals surface area contributed by atoms with Crippen molar-refractivity contribution >= 4 is 0 Å². The Kier molecular flexibility index (Phi) is 5.25. The Morgan fingerprint density at radius 1 is 1.64 bits per heavy atom. The number of imidazole rings is 1. The average molecular weight is 197 g/mol. The van der Waals surface area contributed by atoms with E-state index in [0.717, 1.165) is 25.4 Å². The zero-order valence-corrected chi connectivity index (χ0v) is 8.92. The number of H-pyrrole nitrogens is 1. The maximum absolute atomic E-state index is 5.13. The molecule has 0 spiro atoms. The second-order valence-electron chi connectivity index (χ2n) is 3.36. The molecule has 0 fully saturated rings. The number of hydrogen-bond acceptors (Lipinski definition) is 3. The van der Waals surface area contributed by atoms with Crippen molar-refractivity contribution in [1.82, 2.24) is 15.3 Å². The van der Waals surface area contributed by atoms with E-state index in [9.17, 15) is 0 Å². The minimum atomic E-state index is 0.426. The fraction of sp³-hybridized carbons (Fsp3) is 0.700. The Labute approximate surface area is 85.1 Å². The summed E-state index contributed by atoms with van der Waals surface area (Å²) in [5.41, 5.74) is 0. The highest BCUT2D eigenvalue weighted by Gasteiger charge is 2.06. The van der Waals surface area contributed by atoms with Gasteiger partial charge in [-0.15, -0.1) is 0 Å². The van der Waals surface area contributed by atoms with E-state index in [2.05, 4.69) is 22.2 Å². The molecule has 1 aromatic rings. The number of aromatic amines is 1. The summed E-state index contributed by atoms with van der Waals surface area (Å²) in [6.07, 6.45) is 5.90. The van der Waals surface area contributed by atoms with Gasteiger partial charge >= 0.3 is 0 Å². The van der Waals surface area contributed by atoms with Gasteiger partial charge in [-0.3, -0.25) is 0 Å². The molecule has 0 aliphatic rings. The summed E-state index contributed by atoms with van der Waals surface area (Å²) in [5, 5.41) is 3.41. The number of hydrogen-bond donors (Lipinski definition) is 2. The van der Waals surface area contributed by atoms with Crippen LogP contribution in [-0.2, 0) is 11.3 Å².